The van der Waals surface area contributed by atoms with Gasteiger partial charge in [-0.05, 0) is 33.2 Å². The van der Waals surface area contributed by atoms with Crippen LogP contribution in [-0.2, 0) is 31.6 Å². The summed E-state index contributed by atoms with van der Waals surface area (Å²) >= 11 is 0. The molecule has 1 heteroatoms. The van der Waals surface area contributed by atoms with Crippen LogP contribution in [0.3, 0.4) is 0 Å². The number of rotatable bonds is 1. The second-order valence-corrected chi connectivity index (χ2v) is 6.16. The fourth-order valence-corrected chi connectivity index (χ4v) is 2.55. The van der Waals surface area contributed by atoms with Gasteiger partial charge in [0.05, 0.1) is 0 Å². The largest absolute Gasteiger partial charge is 0.0676 e. The number of benzene rings is 2. The summed E-state index contributed by atoms with van der Waals surface area (Å²) in [5, 5.41) is 0. The molecule has 20 heavy (non-hydrogen) atoms. The zero-order chi connectivity index (χ0) is 13.5. The third kappa shape index (κ3) is 2.89. The van der Waals surface area contributed by atoms with Crippen molar-refractivity contribution in [3.63, 3.8) is 0 Å². The van der Waals surface area contributed by atoms with Crippen molar-refractivity contribution >= 4 is 5.57 Å². The summed E-state index contributed by atoms with van der Waals surface area (Å²) in [5.41, 5.74) is 6.88. The Morgan fingerprint density at radius 1 is 0.800 bits per heavy atom. The van der Waals surface area contributed by atoms with E-state index in [2.05, 4.69) is 81.8 Å². The van der Waals surface area contributed by atoms with Crippen molar-refractivity contribution < 1.29 is 26.2 Å². The molecule has 0 atom stereocenters. The Morgan fingerprint density at radius 2 is 1.45 bits per heavy atom. The van der Waals surface area contributed by atoms with E-state index in [1.807, 2.05) is 0 Å². The number of fused-ring (bicyclic) bond motifs is 1. The van der Waals surface area contributed by atoms with Gasteiger partial charge in [-0.1, -0.05) is 75.4 Å². The molecule has 0 fully saturated rings. The maximum atomic E-state index is 2.25. The van der Waals surface area contributed by atoms with Gasteiger partial charge in [0.25, 0.3) is 0 Å². The fourth-order valence-electron chi connectivity index (χ4n) is 2.55. The molecule has 1 radical (unpaired) electrons. The van der Waals surface area contributed by atoms with E-state index in [1.54, 1.807) is 0 Å². The minimum atomic E-state index is 0. The first-order valence-electron chi connectivity index (χ1n) is 6.81. The Morgan fingerprint density at radius 3 is 2.10 bits per heavy atom. The van der Waals surface area contributed by atoms with E-state index in [9.17, 15) is 0 Å². The average Bonchev–Trinajstić information content (AvgIpc) is 2.82. The average molecular weight is 339 g/mol. The summed E-state index contributed by atoms with van der Waals surface area (Å²) in [4.78, 5) is 0. The van der Waals surface area contributed by atoms with Crippen LogP contribution in [0.4, 0.5) is 0 Å². The van der Waals surface area contributed by atoms with E-state index in [0.29, 0.717) is 0 Å². The maximum absolute atomic E-state index is 2.25. The first kappa shape index (κ1) is 15.5. The van der Waals surface area contributed by atoms with Crippen molar-refractivity contribution in [1.82, 2.24) is 0 Å². The monoisotopic (exact) mass is 337 g/mol. The van der Waals surface area contributed by atoms with Crippen LogP contribution in [0.15, 0.2) is 54.6 Å². The molecule has 1 aliphatic rings. The van der Waals surface area contributed by atoms with Crippen LogP contribution in [0, 0.1) is 6.42 Å². The molecular formula is C19H19Zr. The fraction of sp³-hybridized carbons (Fsp3) is 0.211. The molecule has 0 bridgehead atoms. The minimum absolute atomic E-state index is 0. The molecule has 0 aromatic heterocycles. The van der Waals surface area contributed by atoms with Gasteiger partial charge >= 0.3 is 0 Å². The van der Waals surface area contributed by atoms with Crippen LogP contribution in [0.5, 0.6) is 0 Å². The van der Waals surface area contributed by atoms with Crippen molar-refractivity contribution in [3.05, 3.63) is 83.3 Å². The van der Waals surface area contributed by atoms with Crippen LogP contribution < -0.4 is 0 Å². The molecular weight excluding hydrogens is 319 g/mol. The second-order valence-electron chi connectivity index (χ2n) is 6.16. The summed E-state index contributed by atoms with van der Waals surface area (Å²) in [6.07, 6.45) is 4.42. The van der Waals surface area contributed by atoms with Gasteiger partial charge in [0.15, 0.2) is 0 Å². The van der Waals surface area contributed by atoms with Crippen molar-refractivity contribution in [2.24, 2.45) is 0 Å². The van der Waals surface area contributed by atoms with Gasteiger partial charge < -0.3 is 0 Å². The third-order valence-corrected chi connectivity index (χ3v) is 3.74. The van der Waals surface area contributed by atoms with Gasteiger partial charge in [-0.15, -0.1) is 0 Å². The van der Waals surface area contributed by atoms with Crippen LogP contribution in [0.2, 0.25) is 0 Å². The Hall–Kier alpha value is -0.937. The summed E-state index contributed by atoms with van der Waals surface area (Å²) in [6.45, 7) is 6.75. The normalized spacial score (nSPS) is 13.4. The molecule has 0 N–H and O–H groups in total. The topological polar surface area (TPSA) is 0 Å². The maximum Gasteiger partial charge on any atom is 0.0138 e. The van der Waals surface area contributed by atoms with Gasteiger partial charge in [0, 0.05) is 32.6 Å². The van der Waals surface area contributed by atoms with Crippen molar-refractivity contribution in [3.8, 4) is 0 Å². The minimum Gasteiger partial charge on any atom is -0.0676 e. The molecule has 0 saturated heterocycles. The molecule has 2 aromatic rings. The number of hydrogen-bond donors (Lipinski definition) is 0. The molecule has 99 valence electrons. The Bertz CT molecular complexity index is 628. The van der Waals surface area contributed by atoms with E-state index in [-0.39, 0.29) is 31.6 Å². The predicted octanol–water partition coefficient (Wildman–Crippen LogP) is 4.98. The molecule has 0 saturated carbocycles. The zero-order valence-electron chi connectivity index (χ0n) is 12.3. The summed E-state index contributed by atoms with van der Waals surface area (Å²) < 4.78 is 0. The molecule has 0 amide bonds. The van der Waals surface area contributed by atoms with E-state index < -0.39 is 0 Å². The second kappa shape index (κ2) is 5.82. The van der Waals surface area contributed by atoms with Crippen LogP contribution in [0.1, 0.15) is 43.0 Å². The predicted molar refractivity (Wildman–Crippen MR) is 82.1 cm³/mol. The summed E-state index contributed by atoms with van der Waals surface area (Å²) in [7, 11) is 0. The molecule has 0 unspecified atom stereocenters. The molecule has 3 rings (SSSR count). The standard InChI is InChI=1S/C19H19.Zr/c1-19(2,3)16-11-8-15(9-12-16)18-13-10-14-6-4-5-7-17(14)18;/h4-13H,1-3H3;. The van der Waals surface area contributed by atoms with Crippen LogP contribution in [0.25, 0.3) is 5.57 Å². The van der Waals surface area contributed by atoms with E-state index in [0.717, 1.165) is 0 Å². The van der Waals surface area contributed by atoms with Gasteiger partial charge in [0.1, 0.15) is 0 Å². The van der Waals surface area contributed by atoms with Crippen LogP contribution >= 0.6 is 0 Å². The van der Waals surface area contributed by atoms with Gasteiger partial charge in [-0.3, -0.25) is 0 Å². The summed E-state index contributed by atoms with van der Waals surface area (Å²) in [6, 6.07) is 17.5. The number of hydrogen-bond acceptors (Lipinski definition) is 0. The van der Waals surface area contributed by atoms with Gasteiger partial charge in [-0.25, -0.2) is 0 Å². The molecule has 0 nitrogen and oxygen atoms in total. The van der Waals surface area contributed by atoms with E-state index in [4.69, 9.17) is 0 Å². The zero-order valence-corrected chi connectivity index (χ0v) is 14.7. The first-order valence-corrected chi connectivity index (χ1v) is 6.81. The quantitative estimate of drug-likeness (QED) is 0.688. The molecule has 0 heterocycles. The molecule has 2 aromatic carbocycles. The Labute approximate surface area is 141 Å². The first-order chi connectivity index (χ1) is 9.05. The van der Waals surface area contributed by atoms with Crippen LogP contribution in [-0.4, -0.2) is 0 Å². The van der Waals surface area contributed by atoms with E-state index >= 15 is 0 Å². The molecule has 0 aliphatic heterocycles. The van der Waals surface area contributed by atoms with Gasteiger partial charge in [0.2, 0.25) is 0 Å². The van der Waals surface area contributed by atoms with Crippen molar-refractivity contribution in [2.45, 2.75) is 26.2 Å². The molecule has 1 aliphatic carbocycles. The van der Waals surface area contributed by atoms with Crippen molar-refractivity contribution in [1.29, 1.82) is 0 Å². The summed E-state index contributed by atoms with van der Waals surface area (Å²) in [5.74, 6) is 0. The number of allylic oxidation sites excluding steroid dienone is 1. The Balaban J connectivity index is 0.00000147. The van der Waals surface area contributed by atoms with E-state index in [1.165, 1.54) is 27.8 Å². The molecule has 0 spiro atoms. The third-order valence-electron chi connectivity index (χ3n) is 3.74. The van der Waals surface area contributed by atoms with Gasteiger partial charge in [-0.2, -0.15) is 0 Å². The SMILES string of the molecule is CC(C)(C)c1ccc(C2=C[CH]c3ccccc32)cc1.[Zr]. The smallest absolute Gasteiger partial charge is 0.0138 e. The Kier molecular flexibility index (Phi) is 4.50. The van der Waals surface area contributed by atoms with Crippen molar-refractivity contribution in [2.75, 3.05) is 0 Å².